The van der Waals surface area contributed by atoms with E-state index in [0.717, 1.165) is 77.0 Å². The maximum absolute atomic E-state index is 12.6. The topological polar surface area (TPSA) is 63.6 Å². The molecule has 0 aromatic rings. The van der Waals surface area contributed by atoms with E-state index in [1.165, 1.54) is 103 Å². The standard InChI is InChI=1S/C39H72O4/c1-3-5-7-9-11-13-15-16-17-19-21-23-28-32-36-39(42)43-37(34-30-26-24-27-31-35-38(40)41)33-29-25-22-20-18-14-12-10-8-6-4-2/h9,11,15-16,37H,3-8,10,12-14,17-36H2,1-2H3,(H,40,41)/b11-9-,16-15-. The van der Waals surface area contributed by atoms with E-state index in [4.69, 9.17) is 9.84 Å². The van der Waals surface area contributed by atoms with Gasteiger partial charge in [0.05, 0.1) is 0 Å². The zero-order valence-corrected chi connectivity index (χ0v) is 28.8. The molecule has 0 aliphatic heterocycles. The van der Waals surface area contributed by atoms with Crippen LogP contribution in [-0.2, 0) is 14.3 Å². The van der Waals surface area contributed by atoms with Gasteiger partial charge in [0.25, 0.3) is 0 Å². The molecule has 0 rings (SSSR count). The maximum atomic E-state index is 12.6. The number of carbonyl (C=O) groups excluding carboxylic acids is 1. The lowest BCUT2D eigenvalue weighted by atomic mass is 10.0. The molecule has 1 unspecified atom stereocenters. The molecule has 0 aliphatic carbocycles. The van der Waals surface area contributed by atoms with E-state index in [9.17, 15) is 9.59 Å². The van der Waals surface area contributed by atoms with Crippen molar-refractivity contribution in [2.45, 2.75) is 213 Å². The number of hydrogen-bond acceptors (Lipinski definition) is 3. The summed E-state index contributed by atoms with van der Waals surface area (Å²) in [7, 11) is 0. The highest BCUT2D eigenvalue weighted by molar-refractivity contribution is 5.69. The number of allylic oxidation sites excluding steroid dienone is 4. The van der Waals surface area contributed by atoms with Gasteiger partial charge in [0.2, 0.25) is 0 Å². The van der Waals surface area contributed by atoms with Crippen molar-refractivity contribution in [3.63, 3.8) is 0 Å². The van der Waals surface area contributed by atoms with Gasteiger partial charge in [-0.3, -0.25) is 9.59 Å². The fraction of sp³-hybridized carbons (Fsp3) is 0.846. The number of aliphatic carboxylic acids is 1. The van der Waals surface area contributed by atoms with Gasteiger partial charge in [-0.05, 0) is 64.2 Å². The molecule has 0 spiro atoms. The Morgan fingerprint density at radius 1 is 0.512 bits per heavy atom. The first kappa shape index (κ1) is 41.4. The van der Waals surface area contributed by atoms with E-state index in [2.05, 4.69) is 38.2 Å². The molecule has 0 aliphatic rings. The average Bonchev–Trinajstić information content (AvgIpc) is 2.99. The van der Waals surface area contributed by atoms with Crippen LogP contribution in [0.5, 0.6) is 0 Å². The third kappa shape index (κ3) is 34.8. The van der Waals surface area contributed by atoms with Gasteiger partial charge >= 0.3 is 11.9 Å². The molecule has 43 heavy (non-hydrogen) atoms. The highest BCUT2D eigenvalue weighted by Crippen LogP contribution is 2.19. The molecule has 4 nitrogen and oxygen atoms in total. The summed E-state index contributed by atoms with van der Waals surface area (Å²) in [5.74, 6) is -0.711. The monoisotopic (exact) mass is 605 g/mol. The molecule has 0 saturated carbocycles. The summed E-state index contributed by atoms with van der Waals surface area (Å²) < 4.78 is 5.98. The summed E-state index contributed by atoms with van der Waals surface area (Å²) in [4.78, 5) is 23.3. The third-order valence-corrected chi connectivity index (χ3v) is 8.43. The minimum absolute atomic E-state index is 0.00976. The minimum atomic E-state index is -0.701. The van der Waals surface area contributed by atoms with Gasteiger partial charge in [-0.25, -0.2) is 0 Å². The second-order valence-electron chi connectivity index (χ2n) is 12.8. The molecule has 0 aromatic heterocycles. The molecule has 4 heteroatoms. The summed E-state index contributed by atoms with van der Waals surface area (Å²) in [6.45, 7) is 4.51. The highest BCUT2D eigenvalue weighted by Gasteiger charge is 2.14. The number of carboxylic acid groups (broad SMARTS) is 1. The van der Waals surface area contributed by atoms with Crippen LogP contribution in [-0.4, -0.2) is 23.1 Å². The van der Waals surface area contributed by atoms with Crippen LogP contribution in [0.3, 0.4) is 0 Å². The molecule has 0 fully saturated rings. The fourth-order valence-corrected chi connectivity index (χ4v) is 5.61. The molecule has 0 heterocycles. The van der Waals surface area contributed by atoms with Crippen molar-refractivity contribution >= 4 is 11.9 Å². The predicted octanol–water partition coefficient (Wildman–Crippen LogP) is 12.8. The molecular formula is C39H72O4. The lowest BCUT2D eigenvalue weighted by molar-refractivity contribution is -0.150. The summed E-state index contributed by atoms with van der Waals surface area (Å²) in [5.41, 5.74) is 0. The van der Waals surface area contributed by atoms with Crippen LogP contribution in [0.25, 0.3) is 0 Å². The van der Waals surface area contributed by atoms with Gasteiger partial charge in [-0.15, -0.1) is 0 Å². The van der Waals surface area contributed by atoms with Crippen LogP contribution in [0.4, 0.5) is 0 Å². The van der Waals surface area contributed by atoms with Gasteiger partial charge in [-0.2, -0.15) is 0 Å². The van der Waals surface area contributed by atoms with E-state index in [1.54, 1.807) is 0 Å². The van der Waals surface area contributed by atoms with E-state index in [-0.39, 0.29) is 18.5 Å². The van der Waals surface area contributed by atoms with Crippen LogP contribution >= 0.6 is 0 Å². The first-order chi connectivity index (χ1) is 21.1. The Hall–Kier alpha value is -1.58. The molecule has 1 N–H and O–H groups in total. The summed E-state index contributed by atoms with van der Waals surface area (Å²) in [5, 5.41) is 8.80. The largest absolute Gasteiger partial charge is 0.481 e. The normalized spacial score (nSPS) is 12.4. The Labute approximate surface area is 267 Å². The quantitative estimate of drug-likeness (QED) is 0.0451. The van der Waals surface area contributed by atoms with Crippen molar-refractivity contribution in [3.8, 4) is 0 Å². The Kier molecular flexibility index (Phi) is 33.6. The van der Waals surface area contributed by atoms with E-state index in [1.807, 2.05) is 0 Å². The molecule has 1 atom stereocenters. The zero-order chi connectivity index (χ0) is 31.5. The molecule has 252 valence electrons. The second-order valence-corrected chi connectivity index (χ2v) is 12.8. The third-order valence-electron chi connectivity index (χ3n) is 8.43. The van der Waals surface area contributed by atoms with Gasteiger partial charge in [0.1, 0.15) is 6.10 Å². The maximum Gasteiger partial charge on any atom is 0.306 e. The van der Waals surface area contributed by atoms with Gasteiger partial charge in [0.15, 0.2) is 0 Å². The number of unbranched alkanes of at least 4 members (excludes halogenated alkanes) is 21. The summed E-state index contributed by atoms with van der Waals surface area (Å²) >= 11 is 0. The van der Waals surface area contributed by atoms with Crippen molar-refractivity contribution in [3.05, 3.63) is 24.3 Å². The first-order valence-electron chi connectivity index (χ1n) is 18.8. The molecule has 0 bridgehead atoms. The van der Waals surface area contributed by atoms with Crippen molar-refractivity contribution in [1.29, 1.82) is 0 Å². The van der Waals surface area contributed by atoms with Gasteiger partial charge < -0.3 is 9.84 Å². The molecular weight excluding hydrogens is 532 g/mol. The van der Waals surface area contributed by atoms with Crippen LogP contribution in [0.15, 0.2) is 24.3 Å². The number of esters is 1. The van der Waals surface area contributed by atoms with Crippen LogP contribution in [0, 0.1) is 0 Å². The van der Waals surface area contributed by atoms with Crippen molar-refractivity contribution in [1.82, 2.24) is 0 Å². The smallest absolute Gasteiger partial charge is 0.306 e. The molecule has 0 radical (unpaired) electrons. The highest BCUT2D eigenvalue weighted by atomic mass is 16.5. The Morgan fingerprint density at radius 2 is 0.930 bits per heavy atom. The Balaban J connectivity index is 4.06. The van der Waals surface area contributed by atoms with Crippen molar-refractivity contribution in [2.24, 2.45) is 0 Å². The van der Waals surface area contributed by atoms with Crippen LogP contribution in [0.1, 0.15) is 206 Å². The first-order valence-corrected chi connectivity index (χ1v) is 18.8. The second kappa shape index (κ2) is 34.9. The minimum Gasteiger partial charge on any atom is -0.481 e. The lowest BCUT2D eigenvalue weighted by Crippen LogP contribution is -2.18. The van der Waals surface area contributed by atoms with Crippen LogP contribution in [0.2, 0.25) is 0 Å². The number of carbonyl (C=O) groups is 2. The number of hydrogen-bond donors (Lipinski definition) is 1. The number of ether oxygens (including phenoxy) is 1. The number of rotatable bonds is 34. The molecule has 0 saturated heterocycles. The summed E-state index contributed by atoms with van der Waals surface area (Å²) in [6.07, 6.45) is 43.3. The van der Waals surface area contributed by atoms with Crippen molar-refractivity contribution < 1.29 is 19.4 Å². The lowest BCUT2D eigenvalue weighted by Gasteiger charge is -2.18. The fourth-order valence-electron chi connectivity index (χ4n) is 5.61. The zero-order valence-electron chi connectivity index (χ0n) is 28.8. The Morgan fingerprint density at radius 3 is 1.44 bits per heavy atom. The SMILES string of the molecule is CCCC/C=C\C/C=C\CCCCCCCC(=O)OC(CCCCCCCCCCCCC)CCCCCCCC(=O)O. The van der Waals surface area contributed by atoms with E-state index < -0.39 is 5.97 Å². The number of carboxylic acids is 1. The van der Waals surface area contributed by atoms with E-state index in [0.29, 0.717) is 6.42 Å². The van der Waals surface area contributed by atoms with E-state index >= 15 is 0 Å². The Bertz CT molecular complexity index is 654. The molecule has 0 amide bonds. The van der Waals surface area contributed by atoms with Gasteiger partial charge in [-0.1, -0.05) is 154 Å². The average molecular weight is 605 g/mol. The van der Waals surface area contributed by atoms with Gasteiger partial charge in [0, 0.05) is 12.8 Å². The van der Waals surface area contributed by atoms with Crippen molar-refractivity contribution in [2.75, 3.05) is 0 Å². The predicted molar refractivity (Wildman–Crippen MR) is 186 cm³/mol. The summed E-state index contributed by atoms with van der Waals surface area (Å²) in [6, 6.07) is 0. The van der Waals surface area contributed by atoms with Crippen LogP contribution < -0.4 is 0 Å². The molecule has 0 aromatic carbocycles.